The van der Waals surface area contributed by atoms with Crippen molar-refractivity contribution in [1.29, 1.82) is 0 Å². The van der Waals surface area contributed by atoms with Crippen molar-refractivity contribution >= 4 is 36.0 Å². The highest BCUT2D eigenvalue weighted by Crippen LogP contribution is 2.54. The van der Waals surface area contributed by atoms with E-state index in [9.17, 15) is 28.8 Å². The van der Waals surface area contributed by atoms with Crippen LogP contribution in [0.2, 0.25) is 0 Å². The summed E-state index contributed by atoms with van der Waals surface area (Å²) in [7, 11) is 0. The molecule has 1 saturated carbocycles. The monoisotopic (exact) mass is 1080 g/mol. The predicted molar refractivity (Wildman–Crippen MR) is 318 cm³/mol. The van der Waals surface area contributed by atoms with Gasteiger partial charge in [0.05, 0.1) is 23.9 Å². The fourth-order valence-corrected chi connectivity index (χ4v) is 11.0. The van der Waals surface area contributed by atoms with Crippen LogP contribution in [0.4, 0.5) is 14.4 Å². The molecule has 13 heteroatoms. The lowest BCUT2D eigenvalue weighted by molar-refractivity contribution is -0.148. The average molecular weight is 1090 g/mol. The molecule has 13 nitrogen and oxygen atoms in total. The van der Waals surface area contributed by atoms with Gasteiger partial charge in [-0.15, -0.1) is 0 Å². The first-order valence-electron chi connectivity index (χ1n) is 25.6. The summed E-state index contributed by atoms with van der Waals surface area (Å²) in [5.74, 6) is 0.657. The van der Waals surface area contributed by atoms with Crippen LogP contribution in [-0.2, 0) is 28.6 Å². The molecule has 4 saturated heterocycles. The van der Waals surface area contributed by atoms with Gasteiger partial charge in [-0.3, -0.25) is 29.1 Å². The number of carbonyl (C=O) groups is 6. The quantitative estimate of drug-likeness (QED) is 0.122. The van der Waals surface area contributed by atoms with E-state index in [-0.39, 0.29) is 132 Å². The number of fused-ring (bicyclic) bond motifs is 5. The second-order valence-electron chi connectivity index (χ2n) is 25.1. The molecule has 438 valence electrons. The summed E-state index contributed by atoms with van der Waals surface area (Å²) in [6.07, 6.45) is 3.57. The molecule has 0 radical (unpaired) electrons. The highest BCUT2D eigenvalue weighted by atomic mass is 16.6. The third kappa shape index (κ3) is 17.5. The lowest BCUT2D eigenvalue weighted by Crippen LogP contribution is -2.51. The first-order chi connectivity index (χ1) is 33.6. The van der Waals surface area contributed by atoms with Crippen molar-refractivity contribution in [2.75, 3.05) is 32.8 Å². The van der Waals surface area contributed by atoms with Crippen molar-refractivity contribution in [3.05, 3.63) is 120 Å². The second kappa shape index (κ2) is 28.8. The van der Waals surface area contributed by atoms with Gasteiger partial charge in [-0.1, -0.05) is 245 Å². The minimum atomic E-state index is -0.791. The zero-order valence-corrected chi connectivity index (χ0v) is 45.2. The number of rotatable bonds is 8. The number of benzene rings is 3. The van der Waals surface area contributed by atoms with E-state index in [0.717, 1.165) is 17.5 Å². The maximum absolute atomic E-state index is 12.9. The van der Waals surface area contributed by atoms with Gasteiger partial charge in [0.1, 0.15) is 13.2 Å². The molecule has 4 aliphatic heterocycles. The lowest BCUT2D eigenvalue weighted by Gasteiger charge is -2.40. The van der Waals surface area contributed by atoms with Gasteiger partial charge in [0.2, 0.25) is 17.9 Å². The maximum atomic E-state index is 12.9. The number of nitrogens with zero attached hydrogens (tertiary/aromatic N) is 4. The van der Waals surface area contributed by atoms with Crippen LogP contribution in [0.25, 0.3) is 0 Å². The predicted octanol–water partition coefficient (Wildman–Crippen LogP) is 15.9. The summed E-state index contributed by atoms with van der Waals surface area (Å²) < 4.78 is 15.5. The molecule has 0 spiro atoms. The number of imide groups is 2. The topological polar surface area (TPSA) is 143 Å². The van der Waals surface area contributed by atoms with Gasteiger partial charge >= 0.3 is 18.3 Å². The van der Waals surface area contributed by atoms with Crippen LogP contribution in [0.3, 0.4) is 0 Å². The lowest BCUT2D eigenvalue weighted by atomic mass is 9.79. The Kier molecular flexibility index (Phi) is 26.6. The van der Waals surface area contributed by atoms with Crippen LogP contribution in [0.1, 0.15) is 183 Å². The highest BCUT2D eigenvalue weighted by molar-refractivity contribution is 6.07. The molecule has 78 heavy (non-hydrogen) atoms. The second-order valence-corrected chi connectivity index (χ2v) is 25.1. The number of hydrogen-bond acceptors (Lipinski definition) is 9. The Morgan fingerprint density at radius 3 is 1.14 bits per heavy atom. The van der Waals surface area contributed by atoms with E-state index in [0.29, 0.717) is 50.2 Å². The molecule has 0 N–H and O–H groups in total. The molecule has 2 bridgehead atoms. The van der Waals surface area contributed by atoms with E-state index in [1.54, 1.807) is 17.0 Å². The molecule has 9 rings (SSSR count). The van der Waals surface area contributed by atoms with Crippen LogP contribution in [0.15, 0.2) is 103 Å². The molecular formula is C65H104N4O9. The van der Waals surface area contributed by atoms with Crippen molar-refractivity contribution < 1.29 is 43.0 Å². The molecule has 8 atom stereocenters. The molecule has 5 fully saturated rings. The van der Waals surface area contributed by atoms with Crippen molar-refractivity contribution in [2.45, 2.75) is 172 Å². The number of cyclic esters (lactones) is 3. The first-order valence-corrected chi connectivity index (χ1v) is 25.6. The molecule has 6 unspecified atom stereocenters. The summed E-state index contributed by atoms with van der Waals surface area (Å²) >= 11 is 0. The maximum Gasteiger partial charge on any atom is 0.417 e. The van der Waals surface area contributed by atoms with Crippen molar-refractivity contribution in [1.82, 2.24) is 19.6 Å². The van der Waals surface area contributed by atoms with Gasteiger partial charge in [-0.2, -0.15) is 0 Å². The van der Waals surface area contributed by atoms with Crippen LogP contribution < -0.4 is 0 Å². The van der Waals surface area contributed by atoms with Gasteiger partial charge < -0.3 is 14.2 Å². The summed E-state index contributed by atoms with van der Waals surface area (Å²) in [6, 6.07) is 29.3. The van der Waals surface area contributed by atoms with Crippen molar-refractivity contribution in [3.63, 3.8) is 0 Å². The molecule has 2 aliphatic carbocycles. The first kappa shape index (κ1) is 72.0. The molecular weight excluding hydrogens is 981 g/mol. The minimum absolute atomic E-state index is 0. The smallest absolute Gasteiger partial charge is 0.417 e. The molecule has 6 amide bonds. The fraction of sp³-hybridized carbons (Fsp3) is 0.600. The zero-order valence-electron chi connectivity index (χ0n) is 45.2. The Bertz CT molecular complexity index is 2300. The van der Waals surface area contributed by atoms with E-state index in [2.05, 4.69) is 88.3 Å². The van der Waals surface area contributed by atoms with E-state index in [1.165, 1.54) is 4.90 Å². The number of ether oxygens (including phenoxy) is 3. The molecule has 0 aromatic heterocycles. The fourth-order valence-electron chi connectivity index (χ4n) is 11.0. The van der Waals surface area contributed by atoms with Crippen molar-refractivity contribution in [3.8, 4) is 0 Å². The van der Waals surface area contributed by atoms with Gasteiger partial charge in [0.25, 0.3) is 5.91 Å². The molecule has 6 aliphatic rings. The average Bonchev–Trinajstić information content (AvgIpc) is 4.16. The largest absolute Gasteiger partial charge is 0.447 e. The third-order valence-corrected chi connectivity index (χ3v) is 13.6. The van der Waals surface area contributed by atoms with Gasteiger partial charge in [-0.05, 0) is 57.0 Å². The molecule has 3 aromatic rings. The summed E-state index contributed by atoms with van der Waals surface area (Å²) in [6.45, 7) is 32.0. The number of carbonyl (C=O) groups excluding carboxylic acids is 6. The number of hydrogen-bond donors (Lipinski definition) is 0. The summed E-state index contributed by atoms with van der Waals surface area (Å²) in [4.78, 5) is 79.6. The van der Waals surface area contributed by atoms with Gasteiger partial charge in [0.15, 0.2) is 0 Å². The van der Waals surface area contributed by atoms with Crippen LogP contribution in [0.5, 0.6) is 0 Å². The van der Waals surface area contributed by atoms with Crippen LogP contribution >= 0.6 is 0 Å². The van der Waals surface area contributed by atoms with Crippen LogP contribution in [-0.4, -0.2) is 94.5 Å². The minimum Gasteiger partial charge on any atom is -0.447 e. The normalized spacial score (nSPS) is 23.1. The zero-order chi connectivity index (χ0) is 53.1. The standard InChI is InChI=1S/C17H25NO2.C14H17NO3.2C14H19NO2.6CH4/c1-9(2)14(17(3,4)5)18-15(19)12-10-6-7-11(8-10)13(12)16(18)20;1-14(2,3)9-15-12(16)11(18-13(15)17)10-7-5-4-6-8-10;2*1-14(2,3)10-15-12(9-17-13(15)16)11-7-5-4-6-8-11;;;;;;/h6-7,9-14H,8H2,1-5H3;4-8,11H,9H2,1-3H3;2*4-8,12H,9-10H2,1-3H3;6*1H4/t;;2*12-;;;;;;/m..10....../s1. The Morgan fingerprint density at radius 1 is 0.474 bits per heavy atom. The highest BCUT2D eigenvalue weighted by Gasteiger charge is 2.61. The summed E-state index contributed by atoms with van der Waals surface area (Å²) in [5.41, 5.74) is 2.94. The number of allylic oxidation sites excluding steroid dienone is 2. The SMILES string of the molecule is C.C.C.C.C.C.CC(C)(C)CN1C(=O)OC(c2ccccc2)C1=O.CC(C)(C)CN1C(=O)OC[C@@H]1c1ccccc1.CC(C)(C)CN1C(=O)OC[C@H]1c1ccccc1.CC(C)C(N1C(=O)C2C3C=CC(C3)C2C1=O)C(C)(C)C. The molecule has 3 aromatic carbocycles. The number of likely N-dealkylation sites (tertiary alicyclic amines) is 1. The Labute approximate surface area is 472 Å². The van der Waals surface area contributed by atoms with E-state index in [1.807, 2.05) is 109 Å². The van der Waals surface area contributed by atoms with E-state index < -0.39 is 12.2 Å². The van der Waals surface area contributed by atoms with Crippen molar-refractivity contribution in [2.24, 2.45) is 51.2 Å². The summed E-state index contributed by atoms with van der Waals surface area (Å²) in [5, 5.41) is 0. The Balaban J connectivity index is 0.000000990. The van der Waals surface area contributed by atoms with Crippen LogP contribution in [0, 0.1) is 51.2 Å². The molecule has 4 heterocycles. The van der Waals surface area contributed by atoms with E-state index >= 15 is 0 Å². The Hall–Kier alpha value is -5.98. The van der Waals surface area contributed by atoms with Gasteiger partial charge in [-0.25, -0.2) is 19.3 Å². The Morgan fingerprint density at radius 2 is 0.821 bits per heavy atom. The third-order valence-electron chi connectivity index (χ3n) is 13.6. The van der Waals surface area contributed by atoms with E-state index in [4.69, 9.17) is 14.2 Å². The number of amides is 6. The van der Waals surface area contributed by atoms with Gasteiger partial charge in [0, 0.05) is 31.2 Å².